The number of aromatic nitrogens is 3. The average Bonchev–Trinajstić information content (AvgIpc) is 2.89. The highest BCUT2D eigenvalue weighted by atomic mass is 35.5. The first kappa shape index (κ1) is 13.5. The Bertz CT molecular complexity index is 785. The highest BCUT2D eigenvalue weighted by Crippen LogP contribution is 2.40. The molecule has 0 spiro atoms. The zero-order chi connectivity index (χ0) is 14.8. The van der Waals surface area contributed by atoms with E-state index in [2.05, 4.69) is 15.2 Å². The molecule has 0 fully saturated rings. The molecular weight excluding hydrogens is 288 g/mol. The summed E-state index contributed by atoms with van der Waals surface area (Å²) in [6.45, 7) is 0. The van der Waals surface area contributed by atoms with Gasteiger partial charge >= 0.3 is 0 Å². The van der Waals surface area contributed by atoms with Gasteiger partial charge in [0.2, 0.25) is 0 Å². The van der Waals surface area contributed by atoms with Gasteiger partial charge in [0.15, 0.2) is 5.82 Å². The molecule has 0 aliphatic rings. The molecule has 0 aliphatic heterocycles. The highest BCUT2D eigenvalue weighted by molar-refractivity contribution is 6.33. The molecule has 0 bridgehead atoms. The quantitative estimate of drug-likeness (QED) is 0.777. The van der Waals surface area contributed by atoms with Crippen LogP contribution in [0.25, 0.3) is 22.4 Å². The van der Waals surface area contributed by atoms with Crippen LogP contribution in [0.15, 0.2) is 42.7 Å². The predicted molar refractivity (Wildman–Crippen MR) is 83.2 cm³/mol. The summed E-state index contributed by atoms with van der Waals surface area (Å²) in [7, 11) is 1.59. The third-order valence-corrected chi connectivity index (χ3v) is 3.54. The number of benzene rings is 1. The number of hydrogen-bond donors (Lipinski definition) is 2. The van der Waals surface area contributed by atoms with Crippen LogP contribution in [0.4, 0.5) is 5.82 Å². The van der Waals surface area contributed by atoms with E-state index < -0.39 is 0 Å². The van der Waals surface area contributed by atoms with Gasteiger partial charge in [-0.2, -0.15) is 5.10 Å². The lowest BCUT2D eigenvalue weighted by molar-refractivity contribution is 0.414. The van der Waals surface area contributed by atoms with Gasteiger partial charge in [-0.1, -0.05) is 29.8 Å². The van der Waals surface area contributed by atoms with Crippen LogP contribution in [0.1, 0.15) is 0 Å². The summed E-state index contributed by atoms with van der Waals surface area (Å²) in [5.41, 5.74) is 9.16. The summed E-state index contributed by atoms with van der Waals surface area (Å²) in [5, 5.41) is 7.66. The number of H-pyrrole nitrogens is 1. The fraction of sp³-hybridized carbons (Fsp3) is 0.0667. The van der Waals surface area contributed by atoms with Crippen LogP contribution in [0, 0.1) is 0 Å². The van der Waals surface area contributed by atoms with Crippen molar-refractivity contribution in [3.8, 4) is 28.1 Å². The van der Waals surface area contributed by atoms with Gasteiger partial charge in [0.1, 0.15) is 5.75 Å². The summed E-state index contributed by atoms with van der Waals surface area (Å²) in [5.74, 6) is 1.02. The molecule has 106 valence electrons. The summed E-state index contributed by atoms with van der Waals surface area (Å²) >= 11 is 6.28. The largest absolute Gasteiger partial charge is 0.494 e. The number of rotatable bonds is 3. The third kappa shape index (κ3) is 2.32. The fourth-order valence-corrected chi connectivity index (χ4v) is 2.47. The molecule has 2 heterocycles. The Kier molecular flexibility index (Phi) is 3.50. The average molecular weight is 301 g/mol. The van der Waals surface area contributed by atoms with E-state index in [1.54, 1.807) is 19.5 Å². The number of nitrogen functional groups attached to an aromatic ring is 1. The second-order valence-electron chi connectivity index (χ2n) is 4.41. The number of nitrogens with zero attached hydrogens (tertiary/aromatic N) is 2. The van der Waals surface area contributed by atoms with E-state index in [1.807, 2.05) is 30.3 Å². The lowest BCUT2D eigenvalue weighted by Gasteiger charge is -2.09. The smallest absolute Gasteiger partial charge is 0.153 e. The summed E-state index contributed by atoms with van der Waals surface area (Å²) in [6.07, 6.45) is 3.33. The van der Waals surface area contributed by atoms with Crippen LogP contribution in [0.3, 0.4) is 0 Å². The molecule has 0 amide bonds. The number of halogens is 1. The molecule has 2 aromatic heterocycles. The molecule has 1 aromatic carbocycles. The molecular formula is C15H13ClN4O. The molecule has 3 N–H and O–H groups in total. The van der Waals surface area contributed by atoms with E-state index in [9.17, 15) is 0 Å². The molecule has 0 atom stereocenters. The Morgan fingerprint density at radius 2 is 2.00 bits per heavy atom. The maximum absolute atomic E-state index is 6.28. The molecule has 0 saturated heterocycles. The van der Waals surface area contributed by atoms with Crippen LogP contribution < -0.4 is 10.5 Å². The second kappa shape index (κ2) is 5.46. The van der Waals surface area contributed by atoms with Crippen molar-refractivity contribution < 1.29 is 4.74 Å². The SMILES string of the molecule is COc1cnccc1-c1[nH]nc(N)c1-c1ccccc1Cl. The Balaban J connectivity index is 2.25. The maximum atomic E-state index is 6.28. The number of methoxy groups -OCH3 is 1. The van der Waals surface area contributed by atoms with Gasteiger partial charge < -0.3 is 10.5 Å². The molecule has 0 radical (unpaired) electrons. The summed E-state index contributed by atoms with van der Waals surface area (Å²) in [4.78, 5) is 4.05. The minimum absolute atomic E-state index is 0.386. The van der Waals surface area contributed by atoms with E-state index in [-0.39, 0.29) is 0 Å². The minimum atomic E-state index is 0.386. The standard InChI is InChI=1S/C15H13ClN4O/c1-21-12-8-18-7-6-10(12)14-13(15(17)20-19-14)9-4-2-3-5-11(9)16/h2-8H,1H3,(H3,17,19,20). The van der Waals surface area contributed by atoms with Crippen LogP contribution in [-0.4, -0.2) is 22.3 Å². The molecule has 0 unspecified atom stereocenters. The molecule has 6 heteroatoms. The first-order valence-corrected chi connectivity index (χ1v) is 6.67. The van der Waals surface area contributed by atoms with Crippen molar-refractivity contribution in [1.82, 2.24) is 15.2 Å². The van der Waals surface area contributed by atoms with Gasteiger partial charge in [0.25, 0.3) is 0 Å². The Hall–Kier alpha value is -2.53. The van der Waals surface area contributed by atoms with Crippen molar-refractivity contribution in [3.05, 3.63) is 47.7 Å². The number of hydrogen-bond acceptors (Lipinski definition) is 4. The Morgan fingerprint density at radius 1 is 1.19 bits per heavy atom. The Morgan fingerprint density at radius 3 is 2.76 bits per heavy atom. The van der Waals surface area contributed by atoms with Gasteiger partial charge in [0, 0.05) is 22.3 Å². The monoisotopic (exact) mass is 300 g/mol. The Labute approximate surface area is 126 Å². The number of pyridine rings is 1. The van der Waals surface area contributed by atoms with Crippen LogP contribution >= 0.6 is 11.6 Å². The first-order chi connectivity index (χ1) is 10.2. The molecule has 21 heavy (non-hydrogen) atoms. The number of anilines is 1. The van der Waals surface area contributed by atoms with Gasteiger partial charge in [-0.15, -0.1) is 0 Å². The van der Waals surface area contributed by atoms with Crippen LogP contribution in [-0.2, 0) is 0 Å². The van der Waals surface area contributed by atoms with E-state index in [4.69, 9.17) is 22.1 Å². The first-order valence-electron chi connectivity index (χ1n) is 6.29. The summed E-state index contributed by atoms with van der Waals surface area (Å²) in [6, 6.07) is 9.33. The zero-order valence-electron chi connectivity index (χ0n) is 11.3. The lowest BCUT2D eigenvalue weighted by Crippen LogP contribution is -1.92. The second-order valence-corrected chi connectivity index (χ2v) is 4.82. The van der Waals surface area contributed by atoms with E-state index in [0.717, 1.165) is 22.4 Å². The van der Waals surface area contributed by atoms with Gasteiger partial charge in [-0.25, -0.2) is 0 Å². The van der Waals surface area contributed by atoms with E-state index >= 15 is 0 Å². The van der Waals surface area contributed by atoms with Crippen molar-refractivity contribution in [2.24, 2.45) is 0 Å². The predicted octanol–water partition coefficient (Wildman–Crippen LogP) is 3.38. The third-order valence-electron chi connectivity index (χ3n) is 3.21. The molecule has 0 aliphatic carbocycles. The van der Waals surface area contributed by atoms with Crippen molar-refractivity contribution >= 4 is 17.4 Å². The van der Waals surface area contributed by atoms with Crippen LogP contribution in [0.5, 0.6) is 5.75 Å². The maximum Gasteiger partial charge on any atom is 0.153 e. The van der Waals surface area contributed by atoms with Gasteiger partial charge in [0.05, 0.1) is 24.6 Å². The minimum Gasteiger partial charge on any atom is -0.494 e. The van der Waals surface area contributed by atoms with E-state index in [0.29, 0.717) is 16.6 Å². The molecule has 3 rings (SSSR count). The normalized spacial score (nSPS) is 10.6. The summed E-state index contributed by atoms with van der Waals surface area (Å²) < 4.78 is 5.35. The topological polar surface area (TPSA) is 76.8 Å². The number of ether oxygens (including phenoxy) is 1. The molecule has 5 nitrogen and oxygen atoms in total. The number of aromatic amines is 1. The zero-order valence-corrected chi connectivity index (χ0v) is 12.1. The van der Waals surface area contributed by atoms with Gasteiger partial charge in [-0.05, 0) is 12.1 Å². The molecule has 3 aromatic rings. The number of nitrogens with one attached hydrogen (secondary N) is 1. The van der Waals surface area contributed by atoms with Crippen molar-refractivity contribution in [2.75, 3.05) is 12.8 Å². The number of nitrogens with two attached hydrogens (primary N) is 1. The van der Waals surface area contributed by atoms with Crippen molar-refractivity contribution in [3.63, 3.8) is 0 Å². The molecule has 0 saturated carbocycles. The lowest BCUT2D eigenvalue weighted by atomic mass is 10.0. The van der Waals surface area contributed by atoms with Gasteiger partial charge in [-0.3, -0.25) is 10.1 Å². The van der Waals surface area contributed by atoms with Crippen molar-refractivity contribution in [2.45, 2.75) is 0 Å². The van der Waals surface area contributed by atoms with Crippen molar-refractivity contribution in [1.29, 1.82) is 0 Å². The van der Waals surface area contributed by atoms with Crippen LogP contribution in [0.2, 0.25) is 5.02 Å². The fourth-order valence-electron chi connectivity index (χ4n) is 2.24. The highest BCUT2D eigenvalue weighted by Gasteiger charge is 2.19. The van der Waals surface area contributed by atoms with E-state index in [1.165, 1.54) is 0 Å².